The first-order valence-corrected chi connectivity index (χ1v) is 10.4. The minimum atomic E-state index is -0.622. The first-order chi connectivity index (χ1) is 15.8. The van der Waals surface area contributed by atoms with Crippen molar-refractivity contribution in [2.24, 2.45) is 0 Å². The van der Waals surface area contributed by atoms with Crippen LogP contribution in [0.2, 0.25) is 0 Å². The van der Waals surface area contributed by atoms with Crippen molar-refractivity contribution in [1.82, 2.24) is 20.0 Å². The topological polar surface area (TPSA) is 90.6 Å². The number of carbonyl (C=O) groups excluding carboxylic acids is 1. The largest absolute Gasteiger partial charge is 0.444 e. The molecular formula is C24H23FN4O4. The van der Waals surface area contributed by atoms with Crippen LogP contribution in [-0.4, -0.2) is 51.5 Å². The molecule has 1 atom stereocenters. The number of pyridine rings is 1. The van der Waals surface area contributed by atoms with Crippen LogP contribution < -0.4 is 0 Å². The monoisotopic (exact) mass is 450 g/mol. The minimum absolute atomic E-state index is 0.225. The van der Waals surface area contributed by atoms with Crippen molar-refractivity contribution in [2.45, 2.75) is 32.4 Å². The van der Waals surface area contributed by atoms with Crippen LogP contribution in [0.1, 0.15) is 43.8 Å². The van der Waals surface area contributed by atoms with Crippen molar-refractivity contribution in [1.29, 1.82) is 0 Å². The smallest absolute Gasteiger partial charge is 0.411 e. The molecule has 2 aromatic heterocycles. The number of carbonyl (C=O) groups is 1. The van der Waals surface area contributed by atoms with Gasteiger partial charge in [0.2, 0.25) is 5.82 Å². The van der Waals surface area contributed by atoms with E-state index >= 15 is 0 Å². The summed E-state index contributed by atoms with van der Waals surface area (Å²) in [6.45, 7) is 6.41. The van der Waals surface area contributed by atoms with Crippen molar-refractivity contribution in [3.05, 3.63) is 65.4 Å². The van der Waals surface area contributed by atoms with Gasteiger partial charge in [-0.15, -0.1) is 0 Å². The van der Waals surface area contributed by atoms with Crippen LogP contribution in [0.15, 0.2) is 47.1 Å². The van der Waals surface area contributed by atoms with Crippen LogP contribution in [0.4, 0.5) is 9.18 Å². The zero-order valence-electron chi connectivity index (χ0n) is 18.5. The van der Waals surface area contributed by atoms with Crippen LogP contribution in [0.25, 0.3) is 11.5 Å². The predicted octanol–water partition coefficient (Wildman–Crippen LogP) is 3.98. The lowest BCUT2D eigenvalue weighted by molar-refractivity contribution is -0.0401. The fourth-order valence-corrected chi connectivity index (χ4v) is 3.13. The Balaban J connectivity index is 1.49. The van der Waals surface area contributed by atoms with Gasteiger partial charge >= 0.3 is 6.09 Å². The molecule has 0 aliphatic carbocycles. The van der Waals surface area contributed by atoms with Gasteiger partial charge in [0.05, 0.1) is 13.2 Å². The average Bonchev–Trinajstić information content (AvgIpc) is 3.27. The Morgan fingerprint density at radius 2 is 2.03 bits per heavy atom. The molecule has 1 amide bonds. The molecule has 1 aromatic carbocycles. The summed E-state index contributed by atoms with van der Waals surface area (Å²) >= 11 is 0. The Morgan fingerprint density at radius 1 is 1.21 bits per heavy atom. The van der Waals surface area contributed by atoms with Gasteiger partial charge in [-0.25, -0.2) is 9.18 Å². The van der Waals surface area contributed by atoms with E-state index in [1.165, 1.54) is 17.0 Å². The zero-order chi connectivity index (χ0) is 23.4. The van der Waals surface area contributed by atoms with E-state index in [-0.39, 0.29) is 24.1 Å². The fourth-order valence-electron chi connectivity index (χ4n) is 3.13. The molecule has 0 radical (unpaired) electrons. The fraction of sp³-hybridized carbons (Fsp3) is 0.333. The number of ether oxygens (including phenoxy) is 2. The summed E-state index contributed by atoms with van der Waals surface area (Å²) in [5.41, 5.74) is 1.10. The number of hydrogen-bond donors (Lipinski definition) is 0. The van der Waals surface area contributed by atoms with Crippen LogP contribution in [0, 0.1) is 17.7 Å². The Bertz CT molecular complexity index is 1190. The quantitative estimate of drug-likeness (QED) is 0.546. The second-order valence-electron chi connectivity index (χ2n) is 8.41. The summed E-state index contributed by atoms with van der Waals surface area (Å²) in [6, 6.07) is 9.00. The summed E-state index contributed by atoms with van der Waals surface area (Å²) in [5, 5.41) is 4.00. The number of aromatic nitrogens is 3. The van der Waals surface area contributed by atoms with E-state index in [1.807, 2.05) is 20.8 Å². The Labute approximate surface area is 190 Å². The lowest BCUT2D eigenvalue weighted by Crippen LogP contribution is -2.45. The molecule has 0 saturated carbocycles. The molecule has 3 aromatic rings. The minimum Gasteiger partial charge on any atom is -0.444 e. The third-order valence-electron chi connectivity index (χ3n) is 4.65. The first-order valence-electron chi connectivity index (χ1n) is 10.4. The zero-order valence-corrected chi connectivity index (χ0v) is 18.5. The van der Waals surface area contributed by atoms with E-state index in [0.29, 0.717) is 30.0 Å². The molecule has 0 spiro atoms. The number of morpholine rings is 1. The molecule has 0 N–H and O–H groups in total. The number of benzene rings is 1. The van der Waals surface area contributed by atoms with E-state index in [4.69, 9.17) is 14.0 Å². The number of halogens is 1. The summed E-state index contributed by atoms with van der Waals surface area (Å²) in [6.07, 6.45) is 1.11. The van der Waals surface area contributed by atoms with Gasteiger partial charge in [0, 0.05) is 23.9 Å². The van der Waals surface area contributed by atoms with Crippen molar-refractivity contribution in [3.63, 3.8) is 0 Å². The highest BCUT2D eigenvalue weighted by atomic mass is 19.1. The molecule has 1 aliphatic rings. The van der Waals surface area contributed by atoms with Gasteiger partial charge in [-0.05, 0) is 51.1 Å². The van der Waals surface area contributed by atoms with E-state index in [0.717, 1.165) is 0 Å². The average molecular weight is 450 g/mol. The highest BCUT2D eigenvalue weighted by molar-refractivity contribution is 5.69. The molecule has 1 aliphatic heterocycles. The summed E-state index contributed by atoms with van der Waals surface area (Å²) in [7, 11) is 0. The third-order valence-corrected chi connectivity index (χ3v) is 4.65. The van der Waals surface area contributed by atoms with E-state index in [9.17, 15) is 9.18 Å². The van der Waals surface area contributed by atoms with Crippen molar-refractivity contribution in [2.75, 3.05) is 19.8 Å². The molecule has 9 heteroatoms. The molecule has 1 unspecified atom stereocenters. The second-order valence-corrected chi connectivity index (χ2v) is 8.41. The van der Waals surface area contributed by atoms with Gasteiger partial charge in [-0.3, -0.25) is 9.88 Å². The normalized spacial score (nSPS) is 16.1. The van der Waals surface area contributed by atoms with Crippen molar-refractivity contribution >= 4 is 6.09 Å². The Hall–Kier alpha value is -3.77. The lowest BCUT2D eigenvalue weighted by atomic mass is 10.2. The van der Waals surface area contributed by atoms with Crippen LogP contribution in [0.5, 0.6) is 0 Å². The van der Waals surface area contributed by atoms with E-state index < -0.39 is 17.7 Å². The van der Waals surface area contributed by atoms with Gasteiger partial charge in [0.1, 0.15) is 23.2 Å². The summed E-state index contributed by atoms with van der Waals surface area (Å²) in [4.78, 5) is 22.9. The predicted molar refractivity (Wildman–Crippen MR) is 116 cm³/mol. The molecule has 170 valence electrons. The van der Waals surface area contributed by atoms with Gasteiger partial charge in [0.25, 0.3) is 5.89 Å². The Morgan fingerprint density at radius 3 is 2.76 bits per heavy atom. The second kappa shape index (κ2) is 9.38. The molecule has 4 rings (SSSR count). The third kappa shape index (κ3) is 5.73. The maximum absolute atomic E-state index is 13.3. The van der Waals surface area contributed by atoms with Crippen LogP contribution >= 0.6 is 0 Å². The molecule has 1 saturated heterocycles. The highest BCUT2D eigenvalue weighted by Gasteiger charge is 2.35. The van der Waals surface area contributed by atoms with Gasteiger partial charge in [-0.2, -0.15) is 4.98 Å². The SMILES string of the molecule is CC(C)(C)OC(=O)N1CCOCC1c1nc(-c2ccc(C#Cc3cccc(F)c3)cn2)no1. The molecule has 1 fully saturated rings. The van der Waals surface area contributed by atoms with Gasteiger partial charge < -0.3 is 14.0 Å². The van der Waals surface area contributed by atoms with Gasteiger partial charge in [-0.1, -0.05) is 23.1 Å². The van der Waals surface area contributed by atoms with Crippen LogP contribution in [-0.2, 0) is 9.47 Å². The number of amides is 1. The highest BCUT2D eigenvalue weighted by Crippen LogP contribution is 2.26. The number of hydrogen-bond acceptors (Lipinski definition) is 7. The van der Waals surface area contributed by atoms with Crippen molar-refractivity contribution in [3.8, 4) is 23.4 Å². The van der Waals surface area contributed by atoms with Gasteiger partial charge in [0.15, 0.2) is 0 Å². The van der Waals surface area contributed by atoms with Crippen molar-refractivity contribution < 1.29 is 23.2 Å². The molecule has 8 nitrogen and oxygen atoms in total. The molecule has 3 heterocycles. The first kappa shape index (κ1) is 22.4. The number of rotatable bonds is 2. The molecule has 0 bridgehead atoms. The summed E-state index contributed by atoms with van der Waals surface area (Å²) < 4.78 is 29.7. The number of nitrogens with zero attached hydrogens (tertiary/aromatic N) is 4. The molecule has 33 heavy (non-hydrogen) atoms. The summed E-state index contributed by atoms with van der Waals surface area (Å²) in [5.74, 6) is 6.03. The van der Waals surface area contributed by atoms with E-state index in [2.05, 4.69) is 27.0 Å². The maximum Gasteiger partial charge on any atom is 0.411 e. The molecular weight excluding hydrogens is 427 g/mol. The van der Waals surface area contributed by atoms with Crippen LogP contribution in [0.3, 0.4) is 0 Å². The Kier molecular flexibility index (Phi) is 6.38. The standard InChI is InChI=1S/C24H23FN4O4/c1-24(2,3)32-23(30)29-11-12-31-15-20(29)22-27-21(28-33-22)19-10-9-17(14-26-19)8-7-16-5-4-6-18(25)13-16/h4-6,9-10,13-14,20H,11-12,15H2,1-3H3. The van der Waals surface area contributed by atoms with E-state index in [1.54, 1.807) is 30.5 Å². The lowest BCUT2D eigenvalue weighted by Gasteiger charge is -2.34. The maximum atomic E-state index is 13.3.